The maximum Gasteiger partial charge on any atom is 0.255 e. The maximum absolute atomic E-state index is 12.2. The molecule has 0 atom stereocenters. The predicted octanol–water partition coefficient (Wildman–Crippen LogP) is 2.88. The number of phenolic OH excluding ortho intramolecular Hbond substituents is 1. The number of hydrogen-bond acceptors (Lipinski definition) is 4. The fourth-order valence-corrected chi connectivity index (χ4v) is 4.55. The number of nitrogens with one attached hydrogen (secondary N) is 1. The van der Waals surface area contributed by atoms with Crippen LogP contribution in [-0.2, 0) is 10.0 Å². The molecule has 25 heavy (non-hydrogen) atoms. The molecule has 1 aromatic rings. The Morgan fingerprint density at radius 3 is 2.48 bits per heavy atom. The van der Waals surface area contributed by atoms with E-state index >= 15 is 0 Å². The summed E-state index contributed by atoms with van der Waals surface area (Å²) in [5.74, 6) is -0.583. The molecule has 2 rings (SSSR count). The average molecular weight is 409 g/mol. The van der Waals surface area contributed by atoms with Crippen molar-refractivity contribution in [1.29, 1.82) is 0 Å². The summed E-state index contributed by atoms with van der Waals surface area (Å²) >= 11 is 11.7. The van der Waals surface area contributed by atoms with Gasteiger partial charge in [0.1, 0.15) is 5.75 Å². The molecule has 0 radical (unpaired) electrons. The molecule has 9 heteroatoms. The lowest BCUT2D eigenvalue weighted by Crippen LogP contribution is -2.44. The smallest absolute Gasteiger partial charge is 0.255 e. The molecule has 1 heterocycles. The second-order valence-electron chi connectivity index (χ2n) is 6.43. The van der Waals surface area contributed by atoms with Crippen molar-refractivity contribution in [2.24, 2.45) is 5.92 Å². The van der Waals surface area contributed by atoms with E-state index in [0.717, 1.165) is 0 Å². The van der Waals surface area contributed by atoms with Crippen molar-refractivity contribution in [3.8, 4) is 5.75 Å². The monoisotopic (exact) mass is 408 g/mol. The minimum absolute atomic E-state index is 0.0184. The lowest BCUT2D eigenvalue weighted by molar-refractivity contribution is 0.0939. The highest BCUT2D eigenvalue weighted by Crippen LogP contribution is 2.31. The van der Waals surface area contributed by atoms with Crippen LogP contribution < -0.4 is 5.32 Å². The van der Waals surface area contributed by atoms with Crippen LogP contribution in [0.4, 0.5) is 0 Å². The number of halogens is 2. The highest BCUT2D eigenvalue weighted by atomic mass is 35.5. The van der Waals surface area contributed by atoms with Gasteiger partial charge in [0.05, 0.1) is 15.8 Å². The van der Waals surface area contributed by atoms with Gasteiger partial charge in [-0.25, -0.2) is 12.7 Å². The van der Waals surface area contributed by atoms with Gasteiger partial charge >= 0.3 is 0 Å². The summed E-state index contributed by atoms with van der Waals surface area (Å²) in [5, 5.41) is 12.5. The van der Waals surface area contributed by atoms with E-state index in [0.29, 0.717) is 32.5 Å². The molecular formula is C16H22Cl2N2O4S. The molecule has 1 saturated heterocycles. The molecule has 0 saturated carbocycles. The van der Waals surface area contributed by atoms with Gasteiger partial charge in [-0.2, -0.15) is 0 Å². The number of aromatic hydroxyl groups is 1. The Hall–Kier alpha value is -1.02. The first-order valence-corrected chi connectivity index (χ1v) is 10.3. The van der Waals surface area contributed by atoms with Gasteiger partial charge in [-0.1, -0.05) is 23.2 Å². The molecular weight excluding hydrogens is 387 g/mol. The molecule has 6 nitrogen and oxygen atoms in total. The van der Waals surface area contributed by atoms with Gasteiger partial charge < -0.3 is 10.4 Å². The number of carbonyl (C=O) groups is 1. The van der Waals surface area contributed by atoms with Crippen molar-refractivity contribution in [3.05, 3.63) is 27.7 Å². The van der Waals surface area contributed by atoms with Gasteiger partial charge in [0.2, 0.25) is 10.0 Å². The SMILES string of the molecule is CC(C)S(=O)(=O)N1CCC(CNC(=O)c2cc(Cl)cc(Cl)c2O)CC1. The van der Waals surface area contributed by atoms with Gasteiger partial charge in [0, 0.05) is 24.7 Å². The van der Waals surface area contributed by atoms with Gasteiger partial charge in [0.15, 0.2) is 0 Å². The van der Waals surface area contributed by atoms with Gasteiger partial charge in [-0.3, -0.25) is 4.79 Å². The van der Waals surface area contributed by atoms with E-state index in [1.54, 1.807) is 13.8 Å². The number of benzene rings is 1. The topological polar surface area (TPSA) is 86.7 Å². The molecule has 1 aliphatic heterocycles. The molecule has 0 aliphatic carbocycles. The number of piperidine rings is 1. The first kappa shape index (κ1) is 20.3. The fraction of sp³-hybridized carbons (Fsp3) is 0.562. The van der Waals surface area contributed by atoms with Crippen molar-refractivity contribution in [1.82, 2.24) is 9.62 Å². The Morgan fingerprint density at radius 2 is 1.92 bits per heavy atom. The highest BCUT2D eigenvalue weighted by Gasteiger charge is 2.30. The van der Waals surface area contributed by atoms with Crippen LogP contribution in [-0.4, -0.2) is 48.6 Å². The third kappa shape index (κ3) is 4.78. The normalized spacial score (nSPS) is 17.0. The molecule has 0 bridgehead atoms. The summed E-state index contributed by atoms with van der Waals surface area (Å²) in [7, 11) is -3.23. The lowest BCUT2D eigenvalue weighted by atomic mass is 9.98. The number of phenols is 1. The Kier molecular flexibility index (Phi) is 6.59. The van der Waals surface area contributed by atoms with E-state index in [-0.39, 0.29) is 27.3 Å². The standard InChI is InChI=1S/C16H22Cl2N2O4S/c1-10(2)25(23,24)20-5-3-11(4-6-20)9-19-16(22)13-7-12(17)8-14(18)15(13)21/h7-8,10-11,21H,3-6,9H2,1-2H3,(H,19,22). The number of amides is 1. The Balaban J connectivity index is 1.91. The second-order valence-corrected chi connectivity index (χ2v) is 9.76. The van der Waals surface area contributed by atoms with Crippen molar-refractivity contribution >= 4 is 39.1 Å². The molecule has 1 fully saturated rings. The Bertz CT molecular complexity index is 745. The quantitative estimate of drug-likeness (QED) is 0.783. The lowest BCUT2D eigenvalue weighted by Gasteiger charge is -2.32. The number of hydrogen-bond donors (Lipinski definition) is 2. The summed E-state index contributed by atoms with van der Waals surface area (Å²) in [6.07, 6.45) is 1.35. The fourth-order valence-electron chi connectivity index (χ4n) is 2.74. The largest absolute Gasteiger partial charge is 0.506 e. The number of sulfonamides is 1. The first-order valence-electron chi connectivity index (χ1n) is 8.08. The minimum Gasteiger partial charge on any atom is -0.506 e. The van der Waals surface area contributed by atoms with Crippen LogP contribution in [0.3, 0.4) is 0 Å². The van der Waals surface area contributed by atoms with E-state index in [1.165, 1.54) is 16.4 Å². The van der Waals surface area contributed by atoms with Crippen LogP contribution in [0.2, 0.25) is 10.0 Å². The van der Waals surface area contributed by atoms with Gasteiger partial charge in [-0.15, -0.1) is 0 Å². The van der Waals surface area contributed by atoms with E-state index in [1.807, 2.05) is 0 Å². The zero-order valence-corrected chi connectivity index (χ0v) is 16.5. The molecule has 1 aromatic carbocycles. The maximum atomic E-state index is 12.2. The summed E-state index contributed by atoms with van der Waals surface area (Å²) in [6, 6.07) is 2.72. The summed E-state index contributed by atoms with van der Waals surface area (Å²) in [6.45, 7) is 4.65. The third-order valence-corrected chi connectivity index (χ3v) is 7.14. The molecule has 0 spiro atoms. The van der Waals surface area contributed by atoms with Gasteiger partial charge in [0.25, 0.3) is 5.91 Å². The predicted molar refractivity (Wildman–Crippen MR) is 98.8 cm³/mol. The average Bonchev–Trinajstić information content (AvgIpc) is 2.56. The van der Waals surface area contributed by atoms with Crippen molar-refractivity contribution in [3.63, 3.8) is 0 Å². The summed E-state index contributed by atoms with van der Waals surface area (Å²) in [4.78, 5) is 12.2. The second kappa shape index (κ2) is 8.12. The van der Waals surface area contributed by atoms with Crippen molar-refractivity contribution in [2.45, 2.75) is 31.9 Å². The van der Waals surface area contributed by atoms with Crippen molar-refractivity contribution in [2.75, 3.05) is 19.6 Å². The van der Waals surface area contributed by atoms with Gasteiger partial charge in [-0.05, 0) is 44.7 Å². The molecule has 140 valence electrons. The number of carbonyl (C=O) groups excluding carboxylic acids is 1. The van der Waals surface area contributed by atoms with E-state index < -0.39 is 21.2 Å². The Labute approximate surface area is 158 Å². The molecule has 2 N–H and O–H groups in total. The van der Waals surface area contributed by atoms with Crippen molar-refractivity contribution < 1.29 is 18.3 Å². The van der Waals surface area contributed by atoms with Crippen LogP contribution in [0.15, 0.2) is 12.1 Å². The zero-order valence-electron chi connectivity index (χ0n) is 14.1. The highest BCUT2D eigenvalue weighted by molar-refractivity contribution is 7.89. The van der Waals surface area contributed by atoms with Crippen LogP contribution in [0.25, 0.3) is 0 Å². The van der Waals surface area contributed by atoms with E-state index in [9.17, 15) is 18.3 Å². The first-order chi connectivity index (χ1) is 11.6. The molecule has 0 unspecified atom stereocenters. The Morgan fingerprint density at radius 1 is 1.32 bits per heavy atom. The molecule has 0 aromatic heterocycles. The number of rotatable bonds is 5. The summed E-state index contributed by atoms with van der Waals surface area (Å²) < 4.78 is 25.8. The van der Waals surface area contributed by atoms with E-state index in [4.69, 9.17) is 23.2 Å². The third-order valence-electron chi connectivity index (χ3n) is 4.35. The molecule has 1 aliphatic rings. The van der Waals surface area contributed by atoms with Crippen LogP contribution in [0.1, 0.15) is 37.0 Å². The van der Waals surface area contributed by atoms with Crippen LogP contribution in [0.5, 0.6) is 5.75 Å². The zero-order chi connectivity index (χ0) is 18.8. The van der Waals surface area contributed by atoms with E-state index in [2.05, 4.69) is 5.32 Å². The molecule has 1 amide bonds. The summed E-state index contributed by atoms with van der Waals surface area (Å²) in [5.41, 5.74) is 0.0253. The minimum atomic E-state index is -3.23. The van der Waals surface area contributed by atoms with Crippen LogP contribution in [0, 0.1) is 5.92 Å². The number of nitrogens with zero attached hydrogens (tertiary/aromatic N) is 1. The van der Waals surface area contributed by atoms with Crippen LogP contribution >= 0.6 is 23.2 Å².